The summed E-state index contributed by atoms with van der Waals surface area (Å²) in [5.41, 5.74) is 2.22. The van der Waals surface area contributed by atoms with E-state index in [-0.39, 0.29) is 4.90 Å². The Balaban J connectivity index is 1.78. The quantitative estimate of drug-likeness (QED) is 0.467. The van der Waals surface area contributed by atoms with Crippen molar-refractivity contribution in [2.24, 2.45) is 0 Å². The molecule has 0 saturated heterocycles. The van der Waals surface area contributed by atoms with Gasteiger partial charge in [0, 0.05) is 23.7 Å². The lowest BCUT2D eigenvalue weighted by molar-refractivity contribution is 0.588. The molecule has 138 valence electrons. The molecule has 9 heteroatoms. The second kappa shape index (κ2) is 7.94. The van der Waals surface area contributed by atoms with Gasteiger partial charge in [-0.05, 0) is 42.9 Å². The van der Waals surface area contributed by atoms with Crippen LogP contribution in [0.4, 0.5) is 23.0 Å². The Morgan fingerprint density at radius 1 is 0.926 bits per heavy atom. The maximum atomic E-state index is 11.9. The van der Waals surface area contributed by atoms with Crippen LogP contribution in [0.2, 0.25) is 0 Å². The van der Waals surface area contributed by atoms with E-state index in [1.54, 1.807) is 18.2 Å². The van der Waals surface area contributed by atoms with Crippen molar-refractivity contribution in [1.29, 1.82) is 5.41 Å². The van der Waals surface area contributed by atoms with Gasteiger partial charge in [-0.1, -0.05) is 18.2 Å². The molecule has 0 spiro atoms. The third-order valence-electron chi connectivity index (χ3n) is 3.70. The highest BCUT2D eigenvalue weighted by atomic mass is 32.2. The highest BCUT2D eigenvalue weighted by molar-refractivity contribution is 7.89. The number of nitrogens with one attached hydrogen (secondary N) is 4. The summed E-state index contributed by atoms with van der Waals surface area (Å²) < 4.78 is 26.1. The van der Waals surface area contributed by atoms with E-state index in [9.17, 15) is 8.42 Å². The van der Waals surface area contributed by atoms with Crippen LogP contribution in [0.3, 0.4) is 0 Å². The molecule has 1 heterocycles. The molecular formula is C18H18N6O2S. The van der Waals surface area contributed by atoms with Gasteiger partial charge in [0.05, 0.1) is 4.90 Å². The van der Waals surface area contributed by atoms with Gasteiger partial charge in [-0.15, -0.1) is 0 Å². The van der Waals surface area contributed by atoms with Crippen molar-refractivity contribution in [1.82, 2.24) is 14.7 Å². The van der Waals surface area contributed by atoms with Crippen LogP contribution in [0.5, 0.6) is 0 Å². The Morgan fingerprint density at radius 2 is 1.59 bits per heavy atom. The molecule has 0 radical (unpaired) electrons. The van der Waals surface area contributed by atoms with Crippen LogP contribution >= 0.6 is 0 Å². The summed E-state index contributed by atoms with van der Waals surface area (Å²) in [6, 6.07) is 15.5. The van der Waals surface area contributed by atoms with Crippen LogP contribution in [0.15, 0.2) is 65.8 Å². The highest BCUT2D eigenvalue weighted by Crippen LogP contribution is 2.21. The van der Waals surface area contributed by atoms with Gasteiger partial charge in [-0.2, -0.15) is 0 Å². The van der Waals surface area contributed by atoms with Crippen LogP contribution in [0, 0.1) is 5.41 Å². The molecule has 0 aliphatic heterocycles. The summed E-state index contributed by atoms with van der Waals surface area (Å²) in [7, 11) is -2.15. The Morgan fingerprint density at radius 3 is 2.22 bits per heavy atom. The third kappa shape index (κ3) is 4.66. The molecule has 27 heavy (non-hydrogen) atoms. The fourth-order valence-corrected chi connectivity index (χ4v) is 3.09. The van der Waals surface area contributed by atoms with Crippen LogP contribution in [-0.4, -0.2) is 31.6 Å². The maximum Gasteiger partial charge on any atom is 0.240 e. The molecule has 0 aliphatic carbocycles. The van der Waals surface area contributed by atoms with Crippen LogP contribution in [-0.2, 0) is 10.0 Å². The number of benzene rings is 2. The van der Waals surface area contributed by atoms with Crippen molar-refractivity contribution in [2.75, 3.05) is 17.7 Å². The summed E-state index contributed by atoms with van der Waals surface area (Å²) in [5.74, 6) is 1.09. The topological polar surface area (TPSA) is 120 Å². The molecule has 3 rings (SSSR count). The van der Waals surface area contributed by atoms with Gasteiger partial charge in [-0.25, -0.2) is 23.1 Å². The first-order valence-corrected chi connectivity index (χ1v) is 9.49. The summed E-state index contributed by atoms with van der Waals surface area (Å²) >= 11 is 0. The number of nitrogens with zero attached hydrogens (tertiary/aromatic N) is 2. The van der Waals surface area contributed by atoms with Crippen molar-refractivity contribution in [2.45, 2.75) is 4.90 Å². The molecule has 8 nitrogen and oxygen atoms in total. The normalized spacial score (nSPS) is 11.0. The first-order chi connectivity index (χ1) is 13.0. The fraction of sp³-hybridized carbons (Fsp3) is 0.0556. The van der Waals surface area contributed by atoms with Crippen molar-refractivity contribution in [3.63, 3.8) is 0 Å². The zero-order chi connectivity index (χ0) is 19.3. The second-order valence-corrected chi connectivity index (χ2v) is 7.43. The number of anilines is 4. The van der Waals surface area contributed by atoms with Gasteiger partial charge in [0.1, 0.15) is 18.0 Å². The van der Waals surface area contributed by atoms with Crippen LogP contribution in [0.25, 0.3) is 0 Å². The first-order valence-electron chi connectivity index (χ1n) is 8.00. The van der Waals surface area contributed by atoms with Gasteiger partial charge in [0.25, 0.3) is 0 Å². The van der Waals surface area contributed by atoms with Gasteiger partial charge >= 0.3 is 0 Å². The average Bonchev–Trinajstić information content (AvgIpc) is 2.69. The molecule has 4 N–H and O–H groups in total. The van der Waals surface area contributed by atoms with Gasteiger partial charge in [0.2, 0.25) is 10.0 Å². The lowest BCUT2D eigenvalue weighted by atomic mass is 10.2. The lowest BCUT2D eigenvalue weighted by Gasteiger charge is -2.10. The molecule has 2 aromatic carbocycles. The Kier molecular flexibility index (Phi) is 5.43. The number of aromatic nitrogens is 2. The van der Waals surface area contributed by atoms with Gasteiger partial charge < -0.3 is 16.0 Å². The van der Waals surface area contributed by atoms with E-state index in [1.807, 2.05) is 24.3 Å². The summed E-state index contributed by atoms with van der Waals surface area (Å²) in [6.45, 7) is 0. The van der Waals surface area contributed by atoms with E-state index in [0.717, 1.165) is 11.3 Å². The molecule has 1 aromatic heterocycles. The smallest absolute Gasteiger partial charge is 0.240 e. The first kappa shape index (κ1) is 18.5. The van der Waals surface area contributed by atoms with Gasteiger partial charge in [-0.3, -0.25) is 0 Å². The number of rotatable bonds is 7. The van der Waals surface area contributed by atoms with Crippen molar-refractivity contribution in [3.8, 4) is 0 Å². The number of sulfonamides is 1. The largest absolute Gasteiger partial charge is 0.340 e. The van der Waals surface area contributed by atoms with Crippen LogP contribution < -0.4 is 15.4 Å². The van der Waals surface area contributed by atoms with E-state index in [2.05, 4.69) is 25.3 Å². The average molecular weight is 382 g/mol. The molecular weight excluding hydrogens is 364 g/mol. The van der Waals surface area contributed by atoms with Crippen molar-refractivity contribution in [3.05, 3.63) is 66.5 Å². The fourth-order valence-electron chi connectivity index (χ4n) is 2.31. The minimum Gasteiger partial charge on any atom is -0.340 e. The minimum absolute atomic E-state index is 0.161. The molecule has 0 amide bonds. The van der Waals surface area contributed by atoms with E-state index < -0.39 is 10.0 Å². The van der Waals surface area contributed by atoms with Crippen LogP contribution in [0.1, 0.15) is 5.56 Å². The molecule has 0 aliphatic rings. The third-order valence-corrected chi connectivity index (χ3v) is 5.11. The Bertz CT molecular complexity index is 1050. The molecule has 0 unspecified atom stereocenters. The van der Waals surface area contributed by atoms with Crippen molar-refractivity contribution < 1.29 is 8.42 Å². The highest BCUT2D eigenvalue weighted by Gasteiger charge is 2.11. The molecule has 0 atom stereocenters. The van der Waals surface area contributed by atoms with Gasteiger partial charge in [0.15, 0.2) is 0 Å². The summed E-state index contributed by atoms with van der Waals surface area (Å²) in [6.07, 6.45) is 2.68. The summed E-state index contributed by atoms with van der Waals surface area (Å²) in [5, 5.41) is 13.4. The number of hydrogen-bond donors (Lipinski definition) is 4. The minimum atomic E-state index is -3.52. The molecule has 0 saturated carbocycles. The zero-order valence-electron chi connectivity index (χ0n) is 14.5. The SMILES string of the molecule is CNS(=O)(=O)c1cccc(Nc2cc(Nc3ccc(C=N)cc3)ncn2)c1. The number of hydrogen-bond acceptors (Lipinski definition) is 7. The van der Waals surface area contributed by atoms with E-state index in [0.29, 0.717) is 17.3 Å². The predicted octanol–water partition coefficient (Wildman–Crippen LogP) is 2.87. The second-order valence-electron chi connectivity index (χ2n) is 5.54. The standard InChI is InChI=1S/C18H18N6O2S/c1-20-27(25,26)16-4-2-3-15(9-16)24-18-10-17(21-12-22-18)23-14-7-5-13(11-19)6-8-14/h2-12,19-20H,1H3,(H2,21,22,23,24). The molecule has 0 fully saturated rings. The lowest BCUT2D eigenvalue weighted by Crippen LogP contribution is -2.18. The van der Waals surface area contributed by atoms with E-state index in [1.165, 1.54) is 31.7 Å². The monoisotopic (exact) mass is 382 g/mol. The Hall–Kier alpha value is -3.30. The van der Waals surface area contributed by atoms with E-state index in [4.69, 9.17) is 5.41 Å². The molecule has 3 aromatic rings. The van der Waals surface area contributed by atoms with E-state index >= 15 is 0 Å². The Labute approximate surface area is 157 Å². The van der Waals surface area contributed by atoms with Crippen molar-refractivity contribution >= 4 is 39.2 Å². The zero-order valence-corrected chi connectivity index (χ0v) is 15.3. The molecule has 0 bridgehead atoms. The predicted molar refractivity (Wildman–Crippen MR) is 106 cm³/mol. The maximum absolute atomic E-state index is 11.9. The summed E-state index contributed by atoms with van der Waals surface area (Å²) in [4.78, 5) is 8.50.